The van der Waals surface area contributed by atoms with E-state index in [4.69, 9.17) is 4.74 Å². The van der Waals surface area contributed by atoms with Gasteiger partial charge in [0.1, 0.15) is 12.4 Å². The summed E-state index contributed by atoms with van der Waals surface area (Å²) in [5.74, 6) is 0.776. The Morgan fingerprint density at radius 1 is 0.828 bits per heavy atom. The Morgan fingerprint density at radius 2 is 1.38 bits per heavy atom. The van der Waals surface area contributed by atoms with Gasteiger partial charge in [0.25, 0.3) is 0 Å². The van der Waals surface area contributed by atoms with Crippen molar-refractivity contribution in [2.24, 2.45) is 5.29 Å². The quantitative estimate of drug-likeness (QED) is 0.255. The second-order valence-electron chi connectivity index (χ2n) is 6.77. The molecular weight excluding hydrogens is 360 g/mol. The lowest BCUT2D eigenvalue weighted by atomic mass is 9.88. The molecular formula is C25H26N2O2. The summed E-state index contributed by atoms with van der Waals surface area (Å²) in [7, 11) is 1.63. The molecule has 3 aromatic rings. The SMILES string of the molecule is CC/C(=C(\c1ccccc1)c1ccc(OCCN(C)N=O)cc1)c1ccccc1. The van der Waals surface area contributed by atoms with Gasteiger partial charge in [0.05, 0.1) is 11.8 Å². The van der Waals surface area contributed by atoms with Crippen molar-refractivity contribution in [1.82, 2.24) is 5.01 Å². The van der Waals surface area contributed by atoms with Gasteiger partial charge >= 0.3 is 0 Å². The maximum Gasteiger partial charge on any atom is 0.119 e. The lowest BCUT2D eigenvalue weighted by Gasteiger charge is -2.17. The molecule has 3 aromatic carbocycles. The van der Waals surface area contributed by atoms with Gasteiger partial charge in [-0.15, -0.1) is 4.91 Å². The molecule has 0 radical (unpaired) electrons. The number of likely N-dealkylation sites (N-methyl/N-ethyl adjacent to an activating group) is 1. The highest BCUT2D eigenvalue weighted by atomic mass is 16.5. The van der Waals surface area contributed by atoms with Crippen molar-refractivity contribution in [3.8, 4) is 5.75 Å². The van der Waals surface area contributed by atoms with Crippen molar-refractivity contribution in [2.45, 2.75) is 13.3 Å². The van der Waals surface area contributed by atoms with E-state index in [1.807, 2.05) is 24.3 Å². The zero-order valence-corrected chi connectivity index (χ0v) is 16.9. The minimum absolute atomic E-state index is 0.410. The molecule has 0 saturated carbocycles. The van der Waals surface area contributed by atoms with Crippen LogP contribution in [0.1, 0.15) is 30.0 Å². The van der Waals surface area contributed by atoms with Crippen LogP contribution in [0.3, 0.4) is 0 Å². The van der Waals surface area contributed by atoms with Gasteiger partial charge in [-0.1, -0.05) is 79.7 Å². The molecule has 4 nitrogen and oxygen atoms in total. The van der Waals surface area contributed by atoms with Crippen LogP contribution in [-0.2, 0) is 0 Å². The van der Waals surface area contributed by atoms with E-state index in [1.165, 1.54) is 27.3 Å². The van der Waals surface area contributed by atoms with Crippen LogP contribution < -0.4 is 4.74 Å². The Morgan fingerprint density at radius 3 is 1.93 bits per heavy atom. The predicted octanol–water partition coefficient (Wildman–Crippen LogP) is 6.05. The van der Waals surface area contributed by atoms with Gasteiger partial charge in [0.15, 0.2) is 0 Å². The molecule has 0 spiro atoms. The molecule has 0 amide bonds. The highest BCUT2D eigenvalue weighted by Gasteiger charge is 2.13. The van der Waals surface area contributed by atoms with Crippen molar-refractivity contribution < 1.29 is 4.74 Å². The number of nitroso groups, excluding NO2 is 1. The number of allylic oxidation sites excluding steroid dienone is 1. The second kappa shape index (κ2) is 10.2. The highest BCUT2D eigenvalue weighted by Crippen LogP contribution is 2.34. The summed E-state index contributed by atoms with van der Waals surface area (Å²) < 4.78 is 5.73. The minimum atomic E-state index is 0.410. The van der Waals surface area contributed by atoms with Gasteiger partial charge in [-0.2, -0.15) is 0 Å². The second-order valence-corrected chi connectivity index (χ2v) is 6.77. The average Bonchev–Trinajstić information content (AvgIpc) is 2.79. The van der Waals surface area contributed by atoms with Gasteiger partial charge < -0.3 is 4.74 Å². The van der Waals surface area contributed by atoms with Crippen LogP contribution in [0.5, 0.6) is 5.75 Å². The number of hydrogen-bond acceptors (Lipinski definition) is 3. The molecule has 0 unspecified atom stereocenters. The Labute approximate surface area is 172 Å². The first-order chi connectivity index (χ1) is 14.2. The number of nitrogens with zero attached hydrogens (tertiary/aromatic N) is 2. The van der Waals surface area contributed by atoms with E-state index in [2.05, 4.69) is 72.9 Å². The molecule has 0 bridgehead atoms. The molecule has 0 aliphatic heterocycles. The molecule has 0 saturated heterocycles. The third-order valence-electron chi connectivity index (χ3n) is 4.81. The molecule has 0 aliphatic rings. The van der Waals surface area contributed by atoms with Crippen molar-refractivity contribution >= 4 is 11.1 Å². The maximum absolute atomic E-state index is 10.4. The molecule has 0 heterocycles. The largest absolute Gasteiger partial charge is 0.492 e. The zero-order chi connectivity index (χ0) is 20.5. The van der Waals surface area contributed by atoms with Gasteiger partial charge in [-0.25, -0.2) is 0 Å². The highest BCUT2D eigenvalue weighted by molar-refractivity contribution is 5.98. The first-order valence-corrected chi connectivity index (χ1v) is 9.84. The molecule has 0 fully saturated rings. The van der Waals surface area contributed by atoms with E-state index in [-0.39, 0.29) is 0 Å². The van der Waals surface area contributed by atoms with Crippen molar-refractivity contribution in [3.05, 3.63) is 107 Å². The monoisotopic (exact) mass is 386 g/mol. The van der Waals surface area contributed by atoms with E-state index in [0.717, 1.165) is 17.7 Å². The van der Waals surface area contributed by atoms with Crippen molar-refractivity contribution in [2.75, 3.05) is 20.2 Å². The molecule has 29 heavy (non-hydrogen) atoms. The van der Waals surface area contributed by atoms with E-state index in [0.29, 0.717) is 13.2 Å². The molecule has 4 heteroatoms. The normalized spacial score (nSPS) is 11.5. The molecule has 148 valence electrons. The first-order valence-electron chi connectivity index (χ1n) is 9.84. The van der Waals surface area contributed by atoms with E-state index in [9.17, 15) is 4.91 Å². The van der Waals surface area contributed by atoms with E-state index in [1.54, 1.807) is 7.05 Å². The number of ether oxygens (including phenoxy) is 1. The third-order valence-corrected chi connectivity index (χ3v) is 4.81. The topological polar surface area (TPSA) is 41.9 Å². The molecule has 0 N–H and O–H groups in total. The van der Waals surface area contributed by atoms with Gasteiger partial charge in [0, 0.05) is 7.05 Å². The van der Waals surface area contributed by atoms with Gasteiger partial charge in [-0.3, -0.25) is 5.01 Å². The van der Waals surface area contributed by atoms with Crippen LogP contribution in [0.2, 0.25) is 0 Å². The summed E-state index contributed by atoms with van der Waals surface area (Å²) in [6.07, 6.45) is 0.928. The van der Waals surface area contributed by atoms with Crippen LogP contribution in [0.15, 0.2) is 90.2 Å². The van der Waals surface area contributed by atoms with E-state index < -0.39 is 0 Å². The summed E-state index contributed by atoms with van der Waals surface area (Å²) in [6.45, 7) is 3.06. The van der Waals surface area contributed by atoms with Crippen LogP contribution >= 0.6 is 0 Å². The Hall–Kier alpha value is -3.40. The fourth-order valence-corrected chi connectivity index (χ4v) is 3.34. The Balaban J connectivity index is 1.95. The molecule has 0 aliphatic carbocycles. The van der Waals surface area contributed by atoms with Crippen LogP contribution in [-0.4, -0.2) is 25.2 Å². The summed E-state index contributed by atoms with van der Waals surface area (Å²) in [4.78, 5) is 10.4. The predicted molar refractivity (Wildman–Crippen MR) is 119 cm³/mol. The standard InChI is InChI=1S/C25H26N2O2/c1-3-24(20-10-6-4-7-11-20)25(21-12-8-5-9-13-21)22-14-16-23(17-15-22)29-19-18-27(2)26-28/h4-17H,3,18-19H2,1-2H3/b25-24-. The van der Waals surface area contributed by atoms with Crippen LogP contribution in [0.4, 0.5) is 0 Å². The van der Waals surface area contributed by atoms with E-state index >= 15 is 0 Å². The molecule has 0 atom stereocenters. The number of hydrogen-bond donors (Lipinski definition) is 0. The summed E-state index contributed by atoms with van der Waals surface area (Å²) in [6, 6.07) is 29.2. The molecule has 0 aromatic heterocycles. The summed E-state index contributed by atoms with van der Waals surface area (Å²) in [5, 5.41) is 4.16. The Bertz CT molecular complexity index is 936. The number of benzene rings is 3. The first kappa shape index (κ1) is 20.3. The minimum Gasteiger partial charge on any atom is -0.492 e. The fourth-order valence-electron chi connectivity index (χ4n) is 3.34. The molecule has 3 rings (SSSR count). The Kier molecular flexibility index (Phi) is 7.17. The van der Waals surface area contributed by atoms with Crippen LogP contribution in [0, 0.1) is 4.91 Å². The maximum atomic E-state index is 10.4. The van der Waals surface area contributed by atoms with Crippen LogP contribution in [0.25, 0.3) is 11.1 Å². The fraction of sp³-hybridized carbons (Fsp3) is 0.200. The number of rotatable bonds is 9. The summed E-state index contributed by atoms with van der Waals surface area (Å²) in [5.41, 5.74) is 6.12. The summed E-state index contributed by atoms with van der Waals surface area (Å²) >= 11 is 0. The van der Waals surface area contributed by atoms with Crippen molar-refractivity contribution in [1.29, 1.82) is 0 Å². The van der Waals surface area contributed by atoms with Crippen molar-refractivity contribution in [3.63, 3.8) is 0 Å². The third kappa shape index (κ3) is 5.32. The lowest BCUT2D eigenvalue weighted by molar-refractivity contribution is 0.241. The van der Waals surface area contributed by atoms with Gasteiger partial charge in [-0.05, 0) is 46.4 Å². The average molecular weight is 386 g/mol. The zero-order valence-electron chi connectivity index (χ0n) is 16.9. The van der Waals surface area contributed by atoms with Gasteiger partial charge in [0.2, 0.25) is 0 Å². The lowest BCUT2D eigenvalue weighted by Crippen LogP contribution is -2.18. The smallest absolute Gasteiger partial charge is 0.119 e.